The van der Waals surface area contributed by atoms with Gasteiger partial charge in [0.25, 0.3) is 0 Å². The maximum atomic E-state index is 13.8. The van der Waals surface area contributed by atoms with Gasteiger partial charge in [0.15, 0.2) is 0 Å². The SMILES string of the molecule is COC(=O)NC(C(=O)N1CCCC1c1nc2ccc(-c3ccc(-c4ccc(-c5cnc(C6CCCN6C(=O)C(N)C(C)C)[nH]5)s4)c4c3C3(CCC4)CCC3)cc2[nH]1)C(C)C. The van der Waals surface area contributed by atoms with Crippen LogP contribution in [0, 0.1) is 11.8 Å². The number of H-pyrrole nitrogens is 2. The number of nitrogens with zero attached hydrogens (tertiary/aromatic N) is 4. The number of carbonyl (C=O) groups excluding carboxylic acids is 3. The summed E-state index contributed by atoms with van der Waals surface area (Å²) >= 11 is 1.80. The topological polar surface area (TPSA) is 162 Å². The molecule has 9 rings (SSSR count). The highest BCUT2D eigenvalue weighted by atomic mass is 32.1. The summed E-state index contributed by atoms with van der Waals surface area (Å²) in [7, 11) is 1.31. The number of aromatic nitrogens is 4. The lowest BCUT2D eigenvalue weighted by atomic mass is 9.56. The summed E-state index contributed by atoms with van der Waals surface area (Å²) in [4.78, 5) is 62.4. The molecule has 2 aliphatic carbocycles. The van der Waals surface area contributed by atoms with Crippen molar-refractivity contribution < 1.29 is 19.1 Å². The summed E-state index contributed by atoms with van der Waals surface area (Å²) in [5, 5.41) is 2.75. The molecule has 60 heavy (non-hydrogen) atoms. The van der Waals surface area contributed by atoms with Gasteiger partial charge in [-0.15, -0.1) is 11.3 Å². The lowest BCUT2D eigenvalue weighted by molar-refractivity contribution is -0.136. The number of hydrogen-bond donors (Lipinski definition) is 4. The van der Waals surface area contributed by atoms with Gasteiger partial charge in [-0.25, -0.2) is 14.8 Å². The maximum absolute atomic E-state index is 13.8. The molecular weight excluding hydrogens is 773 g/mol. The van der Waals surface area contributed by atoms with Gasteiger partial charge >= 0.3 is 6.09 Å². The van der Waals surface area contributed by atoms with Crippen LogP contribution in [-0.2, 0) is 26.2 Å². The molecule has 5 heterocycles. The Morgan fingerprint density at radius 1 is 0.850 bits per heavy atom. The highest BCUT2D eigenvalue weighted by molar-refractivity contribution is 7.18. The summed E-state index contributed by atoms with van der Waals surface area (Å²) in [5.74, 6) is 1.49. The van der Waals surface area contributed by atoms with Crippen LogP contribution >= 0.6 is 11.3 Å². The quantitative estimate of drug-likeness (QED) is 0.109. The van der Waals surface area contributed by atoms with Crippen molar-refractivity contribution in [3.05, 3.63) is 71.4 Å². The number of ether oxygens (including phenoxy) is 1. The van der Waals surface area contributed by atoms with Gasteiger partial charge < -0.3 is 35.6 Å². The molecule has 3 amide bonds. The lowest BCUT2D eigenvalue weighted by Gasteiger charge is -2.48. The minimum absolute atomic E-state index is 0.00642. The maximum Gasteiger partial charge on any atom is 0.407 e. The van der Waals surface area contributed by atoms with E-state index in [4.69, 9.17) is 20.4 Å². The fourth-order valence-electron chi connectivity index (χ4n) is 10.4. The van der Waals surface area contributed by atoms with Crippen LogP contribution < -0.4 is 11.1 Å². The fourth-order valence-corrected chi connectivity index (χ4v) is 11.4. The molecule has 2 saturated heterocycles. The van der Waals surface area contributed by atoms with E-state index < -0.39 is 18.2 Å². The summed E-state index contributed by atoms with van der Waals surface area (Å²) in [5.41, 5.74) is 16.1. The van der Waals surface area contributed by atoms with Gasteiger partial charge in [-0.2, -0.15) is 0 Å². The molecule has 2 aromatic carbocycles. The predicted octanol–water partition coefficient (Wildman–Crippen LogP) is 8.80. The summed E-state index contributed by atoms with van der Waals surface area (Å²) in [6, 6.07) is 14.2. The monoisotopic (exact) mass is 830 g/mol. The van der Waals surface area contributed by atoms with Gasteiger partial charge in [-0.3, -0.25) is 9.59 Å². The number of rotatable bonds is 10. The first kappa shape index (κ1) is 40.4. The van der Waals surface area contributed by atoms with E-state index in [1.54, 1.807) is 11.3 Å². The molecule has 316 valence electrons. The molecule has 0 bridgehead atoms. The van der Waals surface area contributed by atoms with Crippen molar-refractivity contribution in [3.63, 3.8) is 0 Å². The largest absolute Gasteiger partial charge is 0.453 e. The van der Waals surface area contributed by atoms with Crippen LogP contribution in [0.3, 0.4) is 0 Å². The van der Waals surface area contributed by atoms with Crippen LogP contribution in [0.5, 0.6) is 0 Å². The summed E-state index contributed by atoms with van der Waals surface area (Å²) < 4.78 is 4.83. The number of nitrogens with one attached hydrogen (secondary N) is 3. The van der Waals surface area contributed by atoms with Crippen molar-refractivity contribution in [1.29, 1.82) is 0 Å². The first-order valence-corrected chi connectivity index (χ1v) is 22.8. The zero-order chi connectivity index (χ0) is 41.9. The molecule has 4 unspecified atom stereocenters. The van der Waals surface area contributed by atoms with Crippen molar-refractivity contribution >= 4 is 40.3 Å². The van der Waals surface area contributed by atoms with Crippen LogP contribution in [0.1, 0.15) is 120 Å². The average Bonchev–Trinajstić information content (AvgIpc) is 4.09. The number of aromatic amines is 2. The molecule has 1 saturated carbocycles. The third kappa shape index (κ3) is 7.10. The minimum atomic E-state index is -0.679. The van der Waals surface area contributed by atoms with Crippen molar-refractivity contribution in [2.75, 3.05) is 20.2 Å². The van der Waals surface area contributed by atoms with Gasteiger partial charge in [-0.05, 0) is 127 Å². The Morgan fingerprint density at radius 2 is 1.55 bits per heavy atom. The first-order valence-electron chi connectivity index (χ1n) is 22.0. The molecule has 4 aliphatic rings. The van der Waals surface area contributed by atoms with E-state index in [2.05, 4.69) is 57.7 Å². The standard InChI is InChI=1S/C47H58N8O4S/c1-26(2)40(48)44(56)54-22-7-11-35(54)42-49-25-34(52-42)38-18-17-37(60-38)30-15-14-29(39-31(30)10-6-19-47(39)20-9-21-47)28-13-16-32-33(24-28)51-43(50-32)36-12-8-23-55(36)45(57)41(27(3)4)53-46(58)59-5/h13-18,24-27,35-36,40-41H,6-12,19-23,48H2,1-5H3,(H,49,52)(H,50,51)(H,53,58). The van der Waals surface area contributed by atoms with E-state index in [1.807, 2.05) is 43.7 Å². The fraction of sp³-hybridized carbons (Fsp3) is 0.511. The van der Waals surface area contributed by atoms with Crippen molar-refractivity contribution in [2.45, 2.75) is 121 Å². The highest BCUT2D eigenvalue weighted by Gasteiger charge is 2.44. The van der Waals surface area contributed by atoms with Gasteiger partial charge in [-0.1, -0.05) is 52.3 Å². The molecule has 4 atom stereocenters. The average molecular weight is 831 g/mol. The van der Waals surface area contributed by atoms with Crippen molar-refractivity contribution in [2.24, 2.45) is 17.6 Å². The molecular formula is C47H58N8O4S. The Bertz CT molecular complexity index is 2430. The van der Waals surface area contributed by atoms with Gasteiger partial charge in [0.2, 0.25) is 11.8 Å². The van der Waals surface area contributed by atoms with Gasteiger partial charge in [0.1, 0.15) is 17.7 Å². The van der Waals surface area contributed by atoms with E-state index in [9.17, 15) is 14.4 Å². The number of alkyl carbamates (subject to hydrolysis) is 1. The van der Waals surface area contributed by atoms with E-state index in [0.717, 1.165) is 65.4 Å². The lowest BCUT2D eigenvalue weighted by Crippen LogP contribution is -2.51. The van der Waals surface area contributed by atoms with Gasteiger partial charge in [0, 0.05) is 18.0 Å². The Kier molecular flexibility index (Phi) is 10.9. The predicted molar refractivity (Wildman–Crippen MR) is 235 cm³/mol. The van der Waals surface area contributed by atoms with E-state index >= 15 is 0 Å². The number of benzene rings is 2. The molecule has 5 N–H and O–H groups in total. The molecule has 5 aromatic rings. The molecule has 3 fully saturated rings. The smallest absolute Gasteiger partial charge is 0.407 e. The number of amides is 3. The number of nitrogens with two attached hydrogens (primary N) is 1. The molecule has 3 aromatic heterocycles. The van der Waals surface area contributed by atoms with Crippen LogP contribution in [-0.4, -0.2) is 79.9 Å². The van der Waals surface area contributed by atoms with Crippen LogP contribution in [0.4, 0.5) is 4.79 Å². The second-order valence-corrected chi connectivity index (χ2v) is 19.3. The second kappa shape index (κ2) is 16.1. The zero-order valence-corrected chi connectivity index (χ0v) is 36.3. The number of methoxy groups -OCH3 is 1. The minimum Gasteiger partial charge on any atom is -0.453 e. The van der Waals surface area contributed by atoms with Crippen LogP contribution in [0.25, 0.3) is 43.2 Å². The van der Waals surface area contributed by atoms with E-state index in [1.165, 1.54) is 71.9 Å². The molecule has 13 heteroatoms. The highest BCUT2D eigenvalue weighted by Crippen LogP contribution is 2.56. The number of thiophene rings is 1. The number of hydrogen-bond acceptors (Lipinski definition) is 8. The summed E-state index contributed by atoms with van der Waals surface area (Å²) in [6.45, 7) is 9.17. The Hall–Kier alpha value is -5.01. The third-order valence-electron chi connectivity index (χ3n) is 13.9. The van der Waals surface area contributed by atoms with Crippen LogP contribution in [0.15, 0.2) is 48.7 Å². The van der Waals surface area contributed by atoms with Gasteiger partial charge in [0.05, 0.1) is 53.0 Å². The molecule has 0 radical (unpaired) electrons. The van der Waals surface area contributed by atoms with Crippen molar-refractivity contribution in [1.82, 2.24) is 35.1 Å². The van der Waals surface area contributed by atoms with Crippen LogP contribution in [0.2, 0.25) is 0 Å². The number of imidazole rings is 2. The Labute approximate surface area is 356 Å². The van der Waals surface area contributed by atoms with E-state index in [-0.39, 0.29) is 41.1 Å². The molecule has 1 spiro atoms. The second-order valence-electron chi connectivity index (χ2n) is 18.2. The van der Waals surface area contributed by atoms with Crippen molar-refractivity contribution in [3.8, 4) is 32.1 Å². The first-order chi connectivity index (χ1) is 29.0. The number of likely N-dealkylation sites (tertiary alicyclic amines) is 2. The van der Waals surface area contributed by atoms with E-state index in [0.29, 0.717) is 13.1 Å². The number of fused-ring (bicyclic) bond motifs is 3. The Balaban J connectivity index is 1.01. The zero-order valence-electron chi connectivity index (χ0n) is 35.5. The number of carbonyl (C=O) groups is 3. The molecule has 12 nitrogen and oxygen atoms in total. The third-order valence-corrected chi connectivity index (χ3v) is 15.0. The Morgan fingerprint density at radius 3 is 2.25 bits per heavy atom. The normalized spacial score (nSPS) is 20.8. The summed E-state index contributed by atoms with van der Waals surface area (Å²) in [6.07, 6.45) is 12.0. The molecule has 2 aliphatic heterocycles.